The first kappa shape index (κ1) is 14.0. The summed E-state index contributed by atoms with van der Waals surface area (Å²) in [5, 5.41) is 1.33. The average molecular weight is 252 g/mol. The van der Waals surface area contributed by atoms with Gasteiger partial charge in [-0.05, 0) is 25.0 Å². The molecule has 0 unspecified atom stereocenters. The molecule has 1 aromatic carbocycles. The lowest BCUT2D eigenvalue weighted by Crippen LogP contribution is -1.95. The zero-order chi connectivity index (χ0) is 12.6. The zero-order valence-corrected chi connectivity index (χ0v) is 11.1. The van der Waals surface area contributed by atoms with Gasteiger partial charge in [0.25, 0.3) is 0 Å². The smallest absolute Gasteiger partial charge is 0.199 e. The van der Waals surface area contributed by atoms with Crippen molar-refractivity contribution < 1.29 is 8.42 Å². The van der Waals surface area contributed by atoms with Crippen molar-refractivity contribution in [2.45, 2.75) is 43.9 Å². The predicted molar refractivity (Wildman–Crippen MR) is 71.5 cm³/mol. The highest BCUT2D eigenvalue weighted by atomic mass is 32.2. The Bertz CT molecular complexity index is 433. The summed E-state index contributed by atoms with van der Waals surface area (Å²) in [6.45, 7) is 2.16. The van der Waals surface area contributed by atoms with Crippen molar-refractivity contribution in [3.8, 4) is 0 Å². The predicted octanol–water partition coefficient (Wildman–Crippen LogP) is 3.94. The second kappa shape index (κ2) is 7.28. The van der Waals surface area contributed by atoms with E-state index in [-0.39, 0.29) is 0 Å². The fraction of sp³-hybridized carbons (Fsp3) is 0.429. The Kier molecular flexibility index (Phi) is 5.98. The molecule has 0 atom stereocenters. The fourth-order valence-electron chi connectivity index (χ4n) is 1.57. The molecular formula is C14H20O2S. The van der Waals surface area contributed by atoms with Crippen molar-refractivity contribution in [2.75, 3.05) is 0 Å². The highest BCUT2D eigenvalue weighted by Gasteiger charge is 2.07. The third-order valence-electron chi connectivity index (χ3n) is 2.57. The largest absolute Gasteiger partial charge is 0.219 e. The first-order valence-corrected chi connectivity index (χ1v) is 7.68. The molecule has 0 N–H and O–H groups in total. The van der Waals surface area contributed by atoms with Gasteiger partial charge in [0.2, 0.25) is 0 Å². The van der Waals surface area contributed by atoms with Crippen LogP contribution in [0.15, 0.2) is 46.7 Å². The van der Waals surface area contributed by atoms with E-state index in [1.54, 1.807) is 30.3 Å². The third-order valence-corrected chi connectivity index (χ3v) is 4.05. The van der Waals surface area contributed by atoms with Crippen molar-refractivity contribution in [1.29, 1.82) is 0 Å². The Hall–Kier alpha value is -1.09. The molecule has 3 heteroatoms. The lowest BCUT2D eigenvalue weighted by Gasteiger charge is -1.98. The van der Waals surface area contributed by atoms with Crippen LogP contribution in [0.3, 0.4) is 0 Å². The summed E-state index contributed by atoms with van der Waals surface area (Å²) in [4.78, 5) is 0.366. The quantitative estimate of drug-likeness (QED) is 0.689. The van der Waals surface area contributed by atoms with Gasteiger partial charge >= 0.3 is 0 Å². The van der Waals surface area contributed by atoms with Crippen molar-refractivity contribution in [3.05, 3.63) is 41.8 Å². The molecule has 1 aromatic rings. The molecule has 0 saturated carbocycles. The lowest BCUT2D eigenvalue weighted by atomic mass is 10.2. The number of benzene rings is 1. The molecule has 0 radical (unpaired) electrons. The summed E-state index contributed by atoms with van der Waals surface area (Å²) in [6.07, 6.45) is 7.26. The maximum Gasteiger partial charge on any atom is 0.199 e. The summed E-state index contributed by atoms with van der Waals surface area (Å²) < 4.78 is 23.7. The maximum atomic E-state index is 11.8. The number of rotatable bonds is 7. The first-order valence-electron chi connectivity index (χ1n) is 6.13. The highest BCUT2D eigenvalue weighted by Crippen LogP contribution is 2.12. The van der Waals surface area contributed by atoms with Gasteiger partial charge in [0.1, 0.15) is 0 Å². The summed E-state index contributed by atoms with van der Waals surface area (Å²) in [6, 6.07) is 8.53. The molecule has 0 aliphatic heterocycles. The van der Waals surface area contributed by atoms with E-state index < -0.39 is 9.84 Å². The molecule has 17 heavy (non-hydrogen) atoms. The second-order valence-corrected chi connectivity index (χ2v) is 5.91. The minimum Gasteiger partial charge on any atom is -0.219 e. The van der Waals surface area contributed by atoms with Gasteiger partial charge in [-0.25, -0.2) is 8.42 Å². The van der Waals surface area contributed by atoms with E-state index in [0.717, 1.165) is 12.8 Å². The van der Waals surface area contributed by atoms with Gasteiger partial charge in [-0.2, -0.15) is 0 Å². The van der Waals surface area contributed by atoms with E-state index >= 15 is 0 Å². The van der Waals surface area contributed by atoms with E-state index in [2.05, 4.69) is 6.92 Å². The van der Waals surface area contributed by atoms with Crippen LogP contribution in [0.25, 0.3) is 0 Å². The fourth-order valence-corrected chi connectivity index (χ4v) is 2.66. The van der Waals surface area contributed by atoms with Crippen LogP contribution in [-0.4, -0.2) is 8.42 Å². The van der Waals surface area contributed by atoms with Gasteiger partial charge in [0.05, 0.1) is 4.90 Å². The SMILES string of the molecule is CCCCCC/C=C/S(=O)(=O)c1ccccc1. The summed E-state index contributed by atoms with van der Waals surface area (Å²) in [5.74, 6) is 0. The Morgan fingerprint density at radius 1 is 1.06 bits per heavy atom. The molecule has 0 bridgehead atoms. The summed E-state index contributed by atoms with van der Waals surface area (Å²) in [7, 11) is -3.23. The van der Waals surface area contributed by atoms with Crippen LogP contribution in [0.2, 0.25) is 0 Å². The third kappa shape index (κ3) is 5.18. The number of unbranched alkanes of at least 4 members (excludes halogenated alkanes) is 4. The zero-order valence-electron chi connectivity index (χ0n) is 10.3. The van der Waals surface area contributed by atoms with E-state index in [4.69, 9.17) is 0 Å². The monoisotopic (exact) mass is 252 g/mol. The second-order valence-electron chi connectivity index (χ2n) is 4.08. The van der Waals surface area contributed by atoms with E-state index in [1.165, 1.54) is 24.7 Å². The van der Waals surface area contributed by atoms with Gasteiger partial charge < -0.3 is 0 Å². The highest BCUT2D eigenvalue weighted by molar-refractivity contribution is 7.94. The summed E-state index contributed by atoms with van der Waals surface area (Å²) >= 11 is 0. The Balaban J connectivity index is 2.48. The van der Waals surface area contributed by atoms with Gasteiger partial charge in [0.15, 0.2) is 9.84 Å². The molecule has 0 saturated heterocycles. The molecule has 94 valence electrons. The normalized spacial score (nSPS) is 12.1. The van der Waals surface area contributed by atoms with Crippen LogP contribution in [0.4, 0.5) is 0 Å². The molecule has 0 spiro atoms. The molecule has 1 rings (SSSR count). The maximum absolute atomic E-state index is 11.8. The van der Waals surface area contributed by atoms with Crippen molar-refractivity contribution >= 4 is 9.84 Å². The standard InChI is InChI=1S/C14H20O2S/c1-2-3-4-5-6-10-13-17(15,16)14-11-8-7-9-12-14/h7-13H,2-6H2,1H3/b13-10+. The van der Waals surface area contributed by atoms with Crippen LogP contribution in [0, 0.1) is 0 Å². The molecule has 0 amide bonds. The van der Waals surface area contributed by atoms with Crippen LogP contribution in [-0.2, 0) is 9.84 Å². The van der Waals surface area contributed by atoms with E-state index in [9.17, 15) is 8.42 Å². The topological polar surface area (TPSA) is 34.1 Å². The van der Waals surface area contributed by atoms with Crippen molar-refractivity contribution in [2.24, 2.45) is 0 Å². The number of allylic oxidation sites excluding steroid dienone is 1. The van der Waals surface area contributed by atoms with E-state index in [1.807, 2.05) is 6.07 Å². The molecular weight excluding hydrogens is 232 g/mol. The van der Waals surface area contributed by atoms with Crippen LogP contribution < -0.4 is 0 Å². The lowest BCUT2D eigenvalue weighted by molar-refractivity contribution is 0.604. The summed E-state index contributed by atoms with van der Waals surface area (Å²) in [5.41, 5.74) is 0. The van der Waals surface area contributed by atoms with Crippen LogP contribution in [0.5, 0.6) is 0 Å². The Morgan fingerprint density at radius 2 is 1.76 bits per heavy atom. The van der Waals surface area contributed by atoms with Gasteiger partial charge in [0, 0.05) is 5.41 Å². The Labute approximate surface area is 104 Å². The average Bonchev–Trinajstić information content (AvgIpc) is 2.35. The molecule has 0 fully saturated rings. The van der Waals surface area contributed by atoms with Crippen LogP contribution in [0.1, 0.15) is 39.0 Å². The number of hydrogen-bond donors (Lipinski definition) is 0. The van der Waals surface area contributed by atoms with Crippen molar-refractivity contribution in [3.63, 3.8) is 0 Å². The minimum absolute atomic E-state index is 0.366. The number of hydrogen-bond acceptors (Lipinski definition) is 2. The molecule has 0 aromatic heterocycles. The number of sulfone groups is 1. The van der Waals surface area contributed by atoms with Crippen LogP contribution >= 0.6 is 0 Å². The minimum atomic E-state index is -3.23. The van der Waals surface area contributed by atoms with Gasteiger partial charge in [-0.15, -0.1) is 0 Å². The van der Waals surface area contributed by atoms with E-state index in [0.29, 0.717) is 4.90 Å². The van der Waals surface area contributed by atoms with Gasteiger partial charge in [-0.1, -0.05) is 50.5 Å². The molecule has 0 aliphatic rings. The molecule has 0 aliphatic carbocycles. The molecule has 0 heterocycles. The Morgan fingerprint density at radius 3 is 2.41 bits per heavy atom. The molecule has 2 nitrogen and oxygen atoms in total. The first-order chi connectivity index (χ1) is 8.17. The van der Waals surface area contributed by atoms with Gasteiger partial charge in [-0.3, -0.25) is 0 Å². The van der Waals surface area contributed by atoms with Crippen molar-refractivity contribution in [1.82, 2.24) is 0 Å².